The molecule has 2 aromatic rings. The summed E-state index contributed by atoms with van der Waals surface area (Å²) in [4.78, 5) is 40.4. The van der Waals surface area contributed by atoms with E-state index >= 15 is 0 Å². The molecule has 7 nitrogen and oxygen atoms in total. The molecule has 7 heteroatoms. The summed E-state index contributed by atoms with van der Waals surface area (Å²) in [7, 11) is 0. The van der Waals surface area contributed by atoms with Crippen LogP contribution in [0.1, 0.15) is 44.1 Å². The Bertz CT molecular complexity index is 991. The summed E-state index contributed by atoms with van der Waals surface area (Å²) in [6, 6.07) is 6.95. The molecule has 0 aliphatic heterocycles. The van der Waals surface area contributed by atoms with Crippen molar-refractivity contribution in [2.75, 3.05) is 6.54 Å². The van der Waals surface area contributed by atoms with Crippen LogP contribution in [-0.4, -0.2) is 35.4 Å². The molecule has 164 valence electrons. The molecule has 4 saturated carbocycles. The highest BCUT2D eigenvalue weighted by molar-refractivity contribution is 5.92. The Kier molecular flexibility index (Phi) is 4.99. The number of aromatic amines is 1. The first kappa shape index (κ1) is 20.1. The third-order valence-corrected chi connectivity index (χ3v) is 7.65. The van der Waals surface area contributed by atoms with Crippen LogP contribution in [-0.2, 0) is 20.8 Å². The van der Waals surface area contributed by atoms with Gasteiger partial charge in [0, 0.05) is 28.9 Å². The highest BCUT2D eigenvalue weighted by atomic mass is 16.4. The Morgan fingerprint density at radius 3 is 2.35 bits per heavy atom. The third-order valence-electron chi connectivity index (χ3n) is 7.65. The summed E-state index contributed by atoms with van der Waals surface area (Å²) in [6.45, 7) is -0.573. The SMILES string of the molecule is O=C([O-])CNC(=O)[C@H](Cc1c[nH]c2ccccc12)NC(=O)C12CC3CC(CC(C3)C1)C2. The van der Waals surface area contributed by atoms with Crippen molar-refractivity contribution in [2.45, 2.75) is 51.0 Å². The molecule has 0 saturated heterocycles. The lowest BCUT2D eigenvalue weighted by atomic mass is 9.49. The van der Waals surface area contributed by atoms with Crippen LogP contribution in [0, 0.1) is 23.2 Å². The van der Waals surface area contributed by atoms with Gasteiger partial charge in [-0.2, -0.15) is 0 Å². The van der Waals surface area contributed by atoms with Crippen LogP contribution < -0.4 is 15.7 Å². The molecule has 2 amide bonds. The summed E-state index contributed by atoms with van der Waals surface area (Å²) >= 11 is 0. The van der Waals surface area contributed by atoms with Gasteiger partial charge in [0.15, 0.2) is 0 Å². The van der Waals surface area contributed by atoms with Gasteiger partial charge in [-0.15, -0.1) is 0 Å². The number of rotatable bonds is 7. The van der Waals surface area contributed by atoms with E-state index in [9.17, 15) is 19.5 Å². The largest absolute Gasteiger partial charge is 0.548 e. The predicted octanol–water partition coefficient (Wildman–Crippen LogP) is 1.28. The molecule has 4 aliphatic carbocycles. The molecule has 0 unspecified atom stereocenters. The zero-order valence-electron chi connectivity index (χ0n) is 17.5. The lowest BCUT2D eigenvalue weighted by molar-refractivity contribution is -0.304. The van der Waals surface area contributed by atoms with Gasteiger partial charge >= 0.3 is 0 Å². The normalized spacial score (nSPS) is 29.6. The van der Waals surface area contributed by atoms with Crippen molar-refractivity contribution in [3.8, 4) is 0 Å². The first-order valence-electron chi connectivity index (χ1n) is 11.3. The fourth-order valence-electron chi connectivity index (χ4n) is 6.71. The average molecular weight is 423 g/mol. The molecule has 1 aromatic carbocycles. The number of aliphatic carboxylic acids is 1. The van der Waals surface area contributed by atoms with E-state index < -0.39 is 24.5 Å². The Labute approximate surface area is 181 Å². The maximum atomic E-state index is 13.5. The molecule has 1 heterocycles. The highest BCUT2D eigenvalue weighted by Crippen LogP contribution is 2.60. The number of fused-ring (bicyclic) bond motifs is 1. The Morgan fingerprint density at radius 1 is 1.06 bits per heavy atom. The number of carbonyl (C=O) groups is 3. The molecule has 4 bridgehead atoms. The van der Waals surface area contributed by atoms with Crippen LogP contribution in [0.2, 0.25) is 0 Å². The van der Waals surface area contributed by atoms with Gasteiger partial charge in [-0.25, -0.2) is 0 Å². The summed E-state index contributed by atoms with van der Waals surface area (Å²) in [6.07, 6.45) is 8.57. The number of benzene rings is 1. The molecule has 1 atom stereocenters. The highest BCUT2D eigenvalue weighted by Gasteiger charge is 2.54. The van der Waals surface area contributed by atoms with Gasteiger partial charge in [0.2, 0.25) is 11.8 Å². The number of hydrogen-bond donors (Lipinski definition) is 3. The maximum absolute atomic E-state index is 13.5. The predicted molar refractivity (Wildman–Crippen MR) is 113 cm³/mol. The van der Waals surface area contributed by atoms with E-state index in [0.717, 1.165) is 35.7 Å². The van der Waals surface area contributed by atoms with Crippen molar-refractivity contribution < 1.29 is 19.5 Å². The van der Waals surface area contributed by atoms with Crippen molar-refractivity contribution in [1.29, 1.82) is 0 Å². The second-order valence-electron chi connectivity index (χ2n) is 9.88. The Balaban J connectivity index is 1.37. The molecule has 4 fully saturated rings. The van der Waals surface area contributed by atoms with Crippen LogP contribution in [0.3, 0.4) is 0 Å². The van der Waals surface area contributed by atoms with Crippen molar-refractivity contribution >= 4 is 28.7 Å². The van der Waals surface area contributed by atoms with E-state index in [0.29, 0.717) is 24.2 Å². The molecule has 6 rings (SSSR count). The number of para-hydroxylation sites is 1. The smallest absolute Gasteiger partial charge is 0.243 e. The number of aromatic nitrogens is 1. The minimum Gasteiger partial charge on any atom is -0.548 e. The minimum atomic E-state index is -1.35. The van der Waals surface area contributed by atoms with Gasteiger partial charge in [-0.3, -0.25) is 9.59 Å². The Hall–Kier alpha value is -2.83. The maximum Gasteiger partial charge on any atom is 0.243 e. The van der Waals surface area contributed by atoms with Gasteiger partial charge in [0.1, 0.15) is 6.04 Å². The fraction of sp³-hybridized carbons (Fsp3) is 0.542. The van der Waals surface area contributed by atoms with Crippen LogP contribution in [0.5, 0.6) is 0 Å². The van der Waals surface area contributed by atoms with Gasteiger partial charge < -0.3 is 25.5 Å². The molecule has 4 aliphatic rings. The van der Waals surface area contributed by atoms with E-state index in [1.807, 2.05) is 30.5 Å². The summed E-state index contributed by atoms with van der Waals surface area (Å²) in [5.74, 6) is -0.0258. The van der Waals surface area contributed by atoms with Crippen LogP contribution in [0.25, 0.3) is 10.9 Å². The van der Waals surface area contributed by atoms with Gasteiger partial charge in [-0.1, -0.05) is 18.2 Å². The van der Waals surface area contributed by atoms with E-state index in [4.69, 9.17) is 0 Å². The van der Waals surface area contributed by atoms with Gasteiger partial charge in [0.05, 0.1) is 12.5 Å². The number of carboxylic acids is 1. The topological polar surface area (TPSA) is 114 Å². The summed E-state index contributed by atoms with van der Waals surface area (Å²) < 4.78 is 0. The van der Waals surface area contributed by atoms with Crippen molar-refractivity contribution in [3.63, 3.8) is 0 Å². The molecule has 0 spiro atoms. The molecular weight excluding hydrogens is 394 g/mol. The van der Waals surface area contributed by atoms with E-state index in [1.54, 1.807) is 0 Å². The number of carbonyl (C=O) groups excluding carboxylic acids is 3. The monoisotopic (exact) mass is 422 g/mol. The number of hydrogen-bond acceptors (Lipinski definition) is 4. The van der Waals surface area contributed by atoms with Gasteiger partial charge in [-0.05, 0) is 67.9 Å². The standard InChI is InChI=1S/C24H29N3O4/c28-21(29)13-26-22(30)20(8-17-12-25-19-4-2-1-3-18(17)19)27-23(31)24-9-14-5-15(10-24)7-16(6-14)11-24/h1-4,12,14-16,20,25H,5-11,13H2,(H,26,30)(H,27,31)(H,28,29)/p-1/t14?,15?,16?,20-,24?/m0/s1. The van der Waals surface area contributed by atoms with Gasteiger partial charge in [0.25, 0.3) is 0 Å². The molecule has 3 N–H and O–H groups in total. The zero-order chi connectivity index (χ0) is 21.6. The average Bonchev–Trinajstić information content (AvgIpc) is 3.13. The molecular formula is C24H28N3O4-. The van der Waals surface area contributed by atoms with E-state index in [1.165, 1.54) is 19.3 Å². The molecule has 31 heavy (non-hydrogen) atoms. The molecule has 1 aromatic heterocycles. The fourth-order valence-corrected chi connectivity index (χ4v) is 6.71. The van der Waals surface area contributed by atoms with Crippen LogP contribution >= 0.6 is 0 Å². The number of H-pyrrole nitrogens is 1. The lowest BCUT2D eigenvalue weighted by Gasteiger charge is -2.55. The first-order valence-corrected chi connectivity index (χ1v) is 11.3. The van der Waals surface area contributed by atoms with Crippen molar-refractivity contribution in [2.24, 2.45) is 23.2 Å². The summed E-state index contributed by atoms with van der Waals surface area (Å²) in [5, 5.41) is 17.3. The molecule has 0 radical (unpaired) electrons. The second kappa shape index (κ2) is 7.70. The van der Waals surface area contributed by atoms with E-state index in [2.05, 4.69) is 15.6 Å². The number of nitrogens with one attached hydrogen (secondary N) is 3. The van der Waals surface area contributed by atoms with Crippen LogP contribution in [0.4, 0.5) is 0 Å². The quantitative estimate of drug-likeness (QED) is 0.624. The zero-order valence-corrected chi connectivity index (χ0v) is 17.5. The Morgan fingerprint density at radius 2 is 1.71 bits per heavy atom. The number of amides is 2. The third kappa shape index (κ3) is 3.82. The van der Waals surface area contributed by atoms with Crippen molar-refractivity contribution in [1.82, 2.24) is 15.6 Å². The van der Waals surface area contributed by atoms with Crippen LogP contribution in [0.15, 0.2) is 30.5 Å². The van der Waals surface area contributed by atoms with E-state index in [-0.39, 0.29) is 11.3 Å². The van der Waals surface area contributed by atoms with Crippen molar-refractivity contribution in [3.05, 3.63) is 36.0 Å². The minimum absolute atomic E-state index is 0.0416. The lowest BCUT2D eigenvalue weighted by Crippen LogP contribution is -2.58. The summed E-state index contributed by atoms with van der Waals surface area (Å²) in [5.41, 5.74) is 1.50. The number of carboxylic acid groups (broad SMARTS) is 1. The first-order chi connectivity index (χ1) is 14.9. The second-order valence-corrected chi connectivity index (χ2v) is 9.88.